The van der Waals surface area contributed by atoms with Gasteiger partial charge >= 0.3 is 0 Å². The van der Waals surface area contributed by atoms with Crippen molar-refractivity contribution in [2.45, 2.75) is 104 Å². The highest BCUT2D eigenvalue weighted by Gasteiger charge is 2.62. The summed E-state index contributed by atoms with van der Waals surface area (Å²) in [7, 11) is 0. The summed E-state index contributed by atoms with van der Waals surface area (Å²) in [6, 6.07) is 7.94. The fourth-order valence-corrected chi connectivity index (χ4v) is 10.4. The third-order valence-electron chi connectivity index (χ3n) is 12.4. The third-order valence-corrected chi connectivity index (χ3v) is 12.4. The van der Waals surface area contributed by atoms with E-state index in [1.807, 2.05) is 0 Å². The predicted octanol–water partition coefficient (Wildman–Crippen LogP) is 8.53. The normalized spacial score (nSPS) is 39.5. The SMILES string of the molecule is CCOCC1CCC2(CC)C(CCC3C4CCC(C(=O)N5CCCCC5)C4(C)CCC32)C1.Fc1ccccc1. The molecule has 0 bridgehead atoms. The topological polar surface area (TPSA) is 29.5 Å². The molecule has 1 saturated heterocycles. The molecule has 5 aliphatic rings. The number of amides is 1. The van der Waals surface area contributed by atoms with Crippen molar-refractivity contribution >= 4 is 5.91 Å². The molecule has 4 aliphatic carbocycles. The van der Waals surface area contributed by atoms with Crippen LogP contribution >= 0.6 is 0 Å². The zero-order chi connectivity index (χ0) is 27.5. The van der Waals surface area contributed by atoms with Crippen molar-refractivity contribution in [2.75, 3.05) is 26.3 Å². The first-order valence-electron chi connectivity index (χ1n) is 16.5. The van der Waals surface area contributed by atoms with E-state index in [1.54, 1.807) is 18.2 Å². The maximum absolute atomic E-state index is 13.6. The summed E-state index contributed by atoms with van der Waals surface area (Å²) in [6.07, 6.45) is 17.4. The number of carbonyl (C=O) groups excluding carboxylic acids is 1. The molecule has 4 heteroatoms. The number of likely N-dealkylation sites (tertiary alicyclic amines) is 1. The molecule has 218 valence electrons. The number of hydrogen-bond acceptors (Lipinski definition) is 2. The molecule has 1 aliphatic heterocycles. The first-order chi connectivity index (χ1) is 18.9. The molecule has 0 spiro atoms. The molecule has 1 aromatic rings. The maximum atomic E-state index is 13.6. The Labute approximate surface area is 237 Å². The molecular formula is C35H54FNO2. The number of ether oxygens (including phenoxy) is 1. The predicted molar refractivity (Wildman–Crippen MR) is 157 cm³/mol. The van der Waals surface area contributed by atoms with E-state index in [-0.39, 0.29) is 11.2 Å². The van der Waals surface area contributed by atoms with Crippen LogP contribution < -0.4 is 0 Å². The zero-order valence-corrected chi connectivity index (χ0v) is 25.0. The van der Waals surface area contributed by atoms with E-state index < -0.39 is 0 Å². The van der Waals surface area contributed by atoms with E-state index >= 15 is 0 Å². The van der Waals surface area contributed by atoms with Crippen molar-refractivity contribution in [2.24, 2.45) is 46.3 Å². The average Bonchev–Trinajstić information content (AvgIpc) is 3.33. The molecule has 1 aromatic carbocycles. The summed E-state index contributed by atoms with van der Waals surface area (Å²) in [5.74, 6) is 4.97. The lowest BCUT2D eigenvalue weighted by atomic mass is 9.43. The van der Waals surface area contributed by atoms with Gasteiger partial charge in [-0.1, -0.05) is 32.0 Å². The van der Waals surface area contributed by atoms with Gasteiger partial charge in [-0.25, -0.2) is 4.39 Å². The largest absolute Gasteiger partial charge is 0.381 e. The Kier molecular flexibility index (Phi) is 9.41. The molecule has 3 nitrogen and oxygen atoms in total. The number of piperidine rings is 1. The van der Waals surface area contributed by atoms with E-state index in [0.717, 1.165) is 55.9 Å². The Morgan fingerprint density at radius 2 is 1.72 bits per heavy atom. The minimum absolute atomic E-state index is 0.178. The van der Waals surface area contributed by atoms with Crippen LogP contribution in [0.15, 0.2) is 30.3 Å². The summed E-state index contributed by atoms with van der Waals surface area (Å²) < 4.78 is 17.8. The first kappa shape index (κ1) is 29.1. The van der Waals surface area contributed by atoms with Crippen LogP contribution in [0, 0.1) is 52.2 Å². The number of carbonyl (C=O) groups is 1. The minimum Gasteiger partial charge on any atom is -0.381 e. The zero-order valence-electron chi connectivity index (χ0n) is 25.0. The number of benzene rings is 1. The van der Waals surface area contributed by atoms with Crippen molar-refractivity contribution in [1.82, 2.24) is 4.90 Å². The van der Waals surface area contributed by atoms with Crippen LogP contribution in [-0.2, 0) is 9.53 Å². The Morgan fingerprint density at radius 3 is 2.38 bits per heavy atom. The smallest absolute Gasteiger partial charge is 0.226 e. The van der Waals surface area contributed by atoms with Crippen molar-refractivity contribution in [1.29, 1.82) is 0 Å². The highest BCUT2D eigenvalue weighted by Crippen LogP contribution is 2.68. The monoisotopic (exact) mass is 539 g/mol. The molecular weight excluding hydrogens is 485 g/mol. The van der Waals surface area contributed by atoms with Crippen LogP contribution in [0.5, 0.6) is 0 Å². The van der Waals surface area contributed by atoms with E-state index in [1.165, 1.54) is 95.6 Å². The highest BCUT2D eigenvalue weighted by molar-refractivity contribution is 5.80. The van der Waals surface area contributed by atoms with Crippen LogP contribution in [0.1, 0.15) is 104 Å². The van der Waals surface area contributed by atoms with Crippen LogP contribution in [0.25, 0.3) is 0 Å². The molecule has 5 fully saturated rings. The summed E-state index contributed by atoms with van der Waals surface area (Å²) in [4.78, 5) is 15.9. The van der Waals surface area contributed by atoms with E-state index in [0.29, 0.717) is 17.2 Å². The van der Waals surface area contributed by atoms with Gasteiger partial charge in [0.2, 0.25) is 5.91 Å². The van der Waals surface area contributed by atoms with Crippen molar-refractivity contribution in [3.05, 3.63) is 36.1 Å². The van der Waals surface area contributed by atoms with E-state index in [4.69, 9.17) is 4.74 Å². The van der Waals surface area contributed by atoms with Gasteiger partial charge in [-0.3, -0.25) is 4.79 Å². The van der Waals surface area contributed by atoms with E-state index in [2.05, 4.69) is 25.7 Å². The number of fused-ring (bicyclic) bond motifs is 5. The van der Waals surface area contributed by atoms with Crippen molar-refractivity contribution < 1.29 is 13.9 Å². The maximum Gasteiger partial charge on any atom is 0.226 e. The van der Waals surface area contributed by atoms with Crippen LogP contribution in [0.4, 0.5) is 4.39 Å². The lowest BCUT2D eigenvalue weighted by Crippen LogP contribution is -2.55. The Balaban J connectivity index is 0.000000384. The van der Waals surface area contributed by atoms with Gasteiger partial charge in [0.05, 0.1) is 0 Å². The van der Waals surface area contributed by atoms with Crippen LogP contribution in [0.3, 0.4) is 0 Å². The molecule has 0 aromatic heterocycles. The van der Waals surface area contributed by atoms with Gasteiger partial charge in [-0.2, -0.15) is 0 Å². The second kappa shape index (κ2) is 12.6. The second-order valence-corrected chi connectivity index (χ2v) is 13.9. The summed E-state index contributed by atoms with van der Waals surface area (Å²) >= 11 is 0. The second-order valence-electron chi connectivity index (χ2n) is 13.9. The van der Waals surface area contributed by atoms with Gasteiger partial charge in [0, 0.05) is 32.2 Å². The fraction of sp³-hybridized carbons (Fsp3) is 0.800. The van der Waals surface area contributed by atoms with Gasteiger partial charge in [0.1, 0.15) is 5.82 Å². The molecule has 0 N–H and O–H groups in total. The number of halogens is 1. The van der Waals surface area contributed by atoms with Gasteiger partial charge in [0.25, 0.3) is 0 Å². The minimum atomic E-state index is -0.178. The first-order valence-corrected chi connectivity index (χ1v) is 16.5. The van der Waals surface area contributed by atoms with Gasteiger partial charge < -0.3 is 9.64 Å². The molecule has 1 heterocycles. The molecule has 6 rings (SSSR count). The Morgan fingerprint density at radius 1 is 0.949 bits per heavy atom. The highest BCUT2D eigenvalue weighted by atomic mass is 19.1. The molecule has 4 saturated carbocycles. The van der Waals surface area contributed by atoms with Crippen molar-refractivity contribution in [3.63, 3.8) is 0 Å². The molecule has 39 heavy (non-hydrogen) atoms. The molecule has 1 amide bonds. The number of rotatable bonds is 5. The summed E-state index contributed by atoms with van der Waals surface area (Å²) in [6.45, 7) is 11.1. The Hall–Kier alpha value is -1.42. The number of nitrogens with zero attached hydrogens (tertiary/aromatic N) is 1. The Bertz CT molecular complexity index is 932. The summed E-state index contributed by atoms with van der Waals surface area (Å²) in [5.41, 5.74) is 0.853. The van der Waals surface area contributed by atoms with E-state index in [9.17, 15) is 9.18 Å². The van der Waals surface area contributed by atoms with Gasteiger partial charge in [0.15, 0.2) is 0 Å². The number of hydrogen-bond donors (Lipinski definition) is 0. The van der Waals surface area contributed by atoms with Gasteiger partial charge in [-0.15, -0.1) is 0 Å². The fourth-order valence-electron chi connectivity index (χ4n) is 10.4. The van der Waals surface area contributed by atoms with Crippen LogP contribution in [0.2, 0.25) is 0 Å². The van der Waals surface area contributed by atoms with Crippen molar-refractivity contribution in [3.8, 4) is 0 Å². The average molecular weight is 540 g/mol. The molecule has 8 unspecified atom stereocenters. The van der Waals surface area contributed by atoms with Crippen LogP contribution in [-0.4, -0.2) is 37.1 Å². The lowest BCUT2D eigenvalue weighted by Gasteiger charge is -2.62. The third kappa shape index (κ3) is 5.70. The molecule has 0 radical (unpaired) electrons. The van der Waals surface area contributed by atoms with Gasteiger partial charge in [-0.05, 0) is 143 Å². The lowest BCUT2D eigenvalue weighted by molar-refractivity contribution is -0.151. The summed E-state index contributed by atoms with van der Waals surface area (Å²) in [5, 5.41) is 0. The molecule has 8 atom stereocenters. The standard InChI is InChI=1S/C29H49NO2.C6H5F/c1-4-29-16-13-21(20-32-5-2)19-22(29)9-10-23-24-11-12-26(28(24,3)15-14-25(23)29)27(31)30-17-7-6-8-18-30;7-6-4-2-1-3-5-6/h21-26H,4-20H2,1-3H3;1-5H. The quantitative estimate of drug-likeness (QED) is 0.375.